The molecule has 19 heavy (non-hydrogen) atoms. The van der Waals surface area contributed by atoms with Crippen LogP contribution in [-0.2, 0) is 4.79 Å². The van der Waals surface area contributed by atoms with E-state index in [1.807, 2.05) is 0 Å². The molecule has 1 aromatic heterocycles. The van der Waals surface area contributed by atoms with Crippen molar-refractivity contribution in [1.82, 2.24) is 10.2 Å². The van der Waals surface area contributed by atoms with Crippen molar-refractivity contribution in [3.05, 3.63) is 22.4 Å². The first-order valence-corrected chi connectivity index (χ1v) is 8.12. The monoisotopic (exact) mass is 276 g/mol. The number of carbonyl (C=O) groups excluding carboxylic acids is 1. The quantitative estimate of drug-likeness (QED) is 0.920. The zero-order valence-electron chi connectivity index (χ0n) is 11.5. The van der Waals surface area contributed by atoms with E-state index in [9.17, 15) is 4.79 Å². The van der Waals surface area contributed by atoms with Crippen molar-refractivity contribution < 1.29 is 4.79 Å². The van der Waals surface area contributed by atoms with Gasteiger partial charge in [-0.3, -0.25) is 10.1 Å². The Bertz CT molecular complexity index is 514. The summed E-state index contributed by atoms with van der Waals surface area (Å²) in [5.41, 5.74) is 0.998. The minimum atomic E-state index is -0.223. The van der Waals surface area contributed by atoms with Gasteiger partial charge in [-0.05, 0) is 67.8 Å². The van der Waals surface area contributed by atoms with Gasteiger partial charge >= 0.3 is 0 Å². The van der Waals surface area contributed by atoms with Crippen LogP contribution in [0.5, 0.6) is 0 Å². The van der Waals surface area contributed by atoms with E-state index in [2.05, 4.69) is 40.9 Å². The highest BCUT2D eigenvalue weighted by Crippen LogP contribution is 2.53. The lowest BCUT2D eigenvalue weighted by Crippen LogP contribution is -2.49. The van der Waals surface area contributed by atoms with Crippen LogP contribution in [0.4, 0.5) is 0 Å². The Labute approximate surface area is 118 Å². The predicted octanol–water partition coefficient (Wildman–Crippen LogP) is 2.90. The topological polar surface area (TPSA) is 32.3 Å². The molecule has 1 spiro atoms. The molecule has 1 aromatic rings. The van der Waals surface area contributed by atoms with Crippen LogP contribution in [0.1, 0.15) is 51.3 Å². The standard InChI is InChI=1S/C15H20N2OS/c1-14(2,11-3-4-11)17-12(10-5-8-19-9-10)16-15(6-7-15)13(17)18/h5,8-9,11-12,16H,3-4,6-7H2,1-2H3. The third-order valence-corrected chi connectivity index (χ3v) is 5.81. The van der Waals surface area contributed by atoms with Crippen LogP contribution >= 0.6 is 11.3 Å². The molecule has 3 nitrogen and oxygen atoms in total. The summed E-state index contributed by atoms with van der Waals surface area (Å²) in [6.45, 7) is 4.48. The fourth-order valence-corrected chi connectivity index (χ4v) is 4.14. The molecule has 2 heterocycles. The lowest BCUT2D eigenvalue weighted by Gasteiger charge is -2.39. The number of amides is 1. The van der Waals surface area contributed by atoms with Crippen LogP contribution < -0.4 is 5.32 Å². The summed E-state index contributed by atoms with van der Waals surface area (Å²) in [4.78, 5) is 15.0. The van der Waals surface area contributed by atoms with Crippen LogP contribution in [0, 0.1) is 5.92 Å². The van der Waals surface area contributed by atoms with Gasteiger partial charge in [0.25, 0.3) is 0 Å². The van der Waals surface area contributed by atoms with E-state index >= 15 is 0 Å². The summed E-state index contributed by atoms with van der Waals surface area (Å²) in [7, 11) is 0. The Morgan fingerprint density at radius 2 is 2.16 bits per heavy atom. The van der Waals surface area contributed by atoms with Gasteiger partial charge in [-0.2, -0.15) is 11.3 Å². The first-order valence-electron chi connectivity index (χ1n) is 7.18. The maximum absolute atomic E-state index is 12.8. The molecule has 1 saturated heterocycles. The number of hydrogen-bond acceptors (Lipinski definition) is 3. The van der Waals surface area contributed by atoms with Crippen molar-refractivity contribution in [2.45, 2.75) is 56.8 Å². The van der Waals surface area contributed by atoms with E-state index in [4.69, 9.17) is 0 Å². The second-order valence-electron chi connectivity index (χ2n) is 6.79. The molecule has 2 saturated carbocycles. The normalized spacial score (nSPS) is 29.3. The van der Waals surface area contributed by atoms with Crippen molar-refractivity contribution in [3.63, 3.8) is 0 Å². The van der Waals surface area contributed by atoms with Crippen molar-refractivity contribution in [1.29, 1.82) is 0 Å². The molecule has 1 unspecified atom stereocenters. The van der Waals surface area contributed by atoms with Gasteiger partial charge in [0, 0.05) is 5.54 Å². The summed E-state index contributed by atoms with van der Waals surface area (Å²) < 4.78 is 0. The number of nitrogens with zero attached hydrogens (tertiary/aromatic N) is 1. The molecule has 1 N–H and O–H groups in total. The highest BCUT2D eigenvalue weighted by Gasteiger charge is 2.63. The van der Waals surface area contributed by atoms with Gasteiger partial charge in [0.2, 0.25) is 5.91 Å². The molecule has 0 bridgehead atoms. The minimum Gasteiger partial charge on any atom is -0.316 e. The SMILES string of the molecule is CC(C)(C1CC1)N1C(=O)C2(CC2)NC1c1ccsc1. The molecule has 3 aliphatic rings. The van der Waals surface area contributed by atoms with E-state index in [1.165, 1.54) is 18.4 Å². The van der Waals surface area contributed by atoms with Gasteiger partial charge in [-0.1, -0.05) is 0 Å². The van der Waals surface area contributed by atoms with Crippen LogP contribution in [0.25, 0.3) is 0 Å². The van der Waals surface area contributed by atoms with Crippen LogP contribution in [0.3, 0.4) is 0 Å². The molecule has 1 aliphatic heterocycles. The van der Waals surface area contributed by atoms with Gasteiger partial charge in [0.1, 0.15) is 11.7 Å². The summed E-state index contributed by atoms with van der Waals surface area (Å²) >= 11 is 1.71. The highest BCUT2D eigenvalue weighted by atomic mass is 32.1. The van der Waals surface area contributed by atoms with E-state index in [0.29, 0.717) is 11.8 Å². The number of carbonyl (C=O) groups is 1. The summed E-state index contributed by atoms with van der Waals surface area (Å²) in [5.74, 6) is 1.01. The van der Waals surface area contributed by atoms with Crippen molar-refractivity contribution in [2.24, 2.45) is 5.92 Å². The molecule has 1 atom stereocenters. The number of nitrogens with one attached hydrogen (secondary N) is 1. The Balaban J connectivity index is 1.74. The first kappa shape index (κ1) is 11.9. The molecule has 1 amide bonds. The lowest BCUT2D eigenvalue weighted by molar-refractivity contribution is -0.137. The first-order chi connectivity index (χ1) is 9.05. The molecule has 4 heteroatoms. The third kappa shape index (κ3) is 1.62. The molecule has 102 valence electrons. The second kappa shape index (κ2) is 3.61. The van der Waals surface area contributed by atoms with Gasteiger partial charge < -0.3 is 4.90 Å². The Morgan fingerprint density at radius 3 is 2.68 bits per heavy atom. The highest BCUT2D eigenvalue weighted by molar-refractivity contribution is 7.08. The fourth-order valence-electron chi connectivity index (χ4n) is 3.46. The summed E-state index contributed by atoms with van der Waals surface area (Å²) in [6.07, 6.45) is 4.62. The fraction of sp³-hybridized carbons (Fsp3) is 0.667. The molecule has 0 aromatic carbocycles. The molecule has 2 aliphatic carbocycles. The van der Waals surface area contributed by atoms with E-state index in [-0.39, 0.29) is 17.2 Å². The molecule has 0 radical (unpaired) electrons. The van der Waals surface area contributed by atoms with Crippen molar-refractivity contribution in [3.8, 4) is 0 Å². The summed E-state index contributed by atoms with van der Waals surface area (Å²) in [5, 5.41) is 7.88. The third-order valence-electron chi connectivity index (χ3n) is 5.11. The van der Waals surface area contributed by atoms with Crippen LogP contribution in [0.15, 0.2) is 16.8 Å². The zero-order chi connectivity index (χ0) is 13.3. The molecular formula is C15H20N2OS. The maximum atomic E-state index is 12.8. The number of hydrogen-bond donors (Lipinski definition) is 1. The average molecular weight is 276 g/mol. The molecular weight excluding hydrogens is 256 g/mol. The van der Waals surface area contributed by atoms with Gasteiger partial charge in [-0.25, -0.2) is 0 Å². The maximum Gasteiger partial charge on any atom is 0.244 e. The molecule has 4 rings (SSSR count). The van der Waals surface area contributed by atoms with Gasteiger partial charge in [0.05, 0.1) is 0 Å². The van der Waals surface area contributed by atoms with Crippen LogP contribution in [-0.4, -0.2) is 21.9 Å². The lowest BCUT2D eigenvalue weighted by atomic mass is 9.94. The van der Waals surface area contributed by atoms with Gasteiger partial charge in [0.15, 0.2) is 0 Å². The van der Waals surface area contributed by atoms with Gasteiger partial charge in [-0.15, -0.1) is 0 Å². The smallest absolute Gasteiger partial charge is 0.244 e. The van der Waals surface area contributed by atoms with E-state index in [0.717, 1.165) is 12.8 Å². The number of thiophene rings is 1. The van der Waals surface area contributed by atoms with E-state index < -0.39 is 0 Å². The van der Waals surface area contributed by atoms with Crippen molar-refractivity contribution in [2.75, 3.05) is 0 Å². The molecule has 3 fully saturated rings. The van der Waals surface area contributed by atoms with E-state index in [1.54, 1.807) is 11.3 Å². The minimum absolute atomic E-state index is 0.0250. The Morgan fingerprint density at radius 1 is 1.42 bits per heavy atom. The number of rotatable bonds is 3. The second-order valence-corrected chi connectivity index (χ2v) is 7.57. The Kier molecular flexibility index (Phi) is 2.26. The largest absolute Gasteiger partial charge is 0.316 e. The predicted molar refractivity (Wildman–Crippen MR) is 75.8 cm³/mol. The van der Waals surface area contributed by atoms with Crippen molar-refractivity contribution >= 4 is 17.2 Å². The zero-order valence-corrected chi connectivity index (χ0v) is 12.3. The summed E-state index contributed by atoms with van der Waals surface area (Å²) in [6, 6.07) is 2.15. The average Bonchev–Trinajstić information content (AvgIpc) is 3.26. The van der Waals surface area contributed by atoms with Crippen LogP contribution in [0.2, 0.25) is 0 Å². The Hall–Kier alpha value is -0.870.